The smallest absolute Gasteiger partial charge is 0.147 e. The zero-order chi connectivity index (χ0) is 12.4. The predicted molar refractivity (Wildman–Crippen MR) is 69.0 cm³/mol. The largest absolute Gasteiger partial charge is 0.355 e. The summed E-state index contributed by atoms with van der Waals surface area (Å²) in [4.78, 5) is 6.82. The minimum atomic E-state index is 0.741. The Bertz CT molecular complexity index is 451. The quantitative estimate of drug-likeness (QED) is 0.743. The first kappa shape index (κ1) is 11.9. The van der Waals surface area contributed by atoms with Crippen molar-refractivity contribution in [2.24, 2.45) is 5.92 Å². The Hall–Kier alpha value is -1.56. The molecule has 0 amide bonds. The molecule has 3 nitrogen and oxygen atoms in total. The van der Waals surface area contributed by atoms with E-state index in [9.17, 15) is 5.26 Å². The average Bonchev–Trinajstić information content (AvgIpc) is 2.29. The molecule has 0 N–H and O–H groups in total. The number of rotatable bonds is 1. The number of hydrogen-bond acceptors (Lipinski definition) is 3. The lowest BCUT2D eigenvalue weighted by atomic mass is 9.98. The molecule has 90 valence electrons. The van der Waals surface area contributed by atoms with Gasteiger partial charge in [0.1, 0.15) is 11.9 Å². The normalized spacial score (nSPS) is 16.9. The highest BCUT2D eigenvalue weighted by atomic mass is 15.2. The number of anilines is 1. The van der Waals surface area contributed by atoms with E-state index in [1.54, 1.807) is 0 Å². The van der Waals surface area contributed by atoms with E-state index in [1.807, 2.05) is 19.9 Å². The summed E-state index contributed by atoms with van der Waals surface area (Å²) < 4.78 is 0. The molecule has 1 aromatic heterocycles. The molecule has 1 aliphatic heterocycles. The molecular weight excluding hydrogens is 210 g/mol. The fourth-order valence-electron chi connectivity index (χ4n) is 2.40. The molecule has 0 atom stereocenters. The summed E-state index contributed by atoms with van der Waals surface area (Å²) in [5.41, 5.74) is 2.77. The number of nitriles is 1. The monoisotopic (exact) mass is 229 g/mol. The van der Waals surface area contributed by atoms with Gasteiger partial charge in [0.15, 0.2) is 0 Å². The van der Waals surface area contributed by atoms with Crippen LogP contribution in [0.5, 0.6) is 0 Å². The molecule has 17 heavy (non-hydrogen) atoms. The van der Waals surface area contributed by atoms with Gasteiger partial charge >= 0.3 is 0 Å². The van der Waals surface area contributed by atoms with E-state index < -0.39 is 0 Å². The first-order valence-corrected chi connectivity index (χ1v) is 6.25. The summed E-state index contributed by atoms with van der Waals surface area (Å²) in [7, 11) is 0. The van der Waals surface area contributed by atoms with Crippen molar-refractivity contribution in [3.8, 4) is 6.07 Å². The Labute approximate surface area is 103 Å². The molecule has 1 aliphatic rings. The van der Waals surface area contributed by atoms with Gasteiger partial charge in [-0.05, 0) is 44.2 Å². The van der Waals surface area contributed by atoms with Crippen LogP contribution in [0.3, 0.4) is 0 Å². The number of aryl methyl sites for hydroxylation is 2. The van der Waals surface area contributed by atoms with Crippen LogP contribution in [0.2, 0.25) is 0 Å². The number of hydrogen-bond donors (Lipinski definition) is 0. The molecule has 0 aliphatic carbocycles. The van der Waals surface area contributed by atoms with Gasteiger partial charge < -0.3 is 4.90 Å². The van der Waals surface area contributed by atoms with E-state index in [1.165, 1.54) is 12.8 Å². The number of nitrogens with zero attached hydrogens (tertiary/aromatic N) is 3. The Morgan fingerprint density at radius 2 is 2.00 bits per heavy atom. The highest BCUT2D eigenvalue weighted by molar-refractivity contribution is 5.58. The van der Waals surface area contributed by atoms with Gasteiger partial charge in [-0.3, -0.25) is 0 Å². The molecule has 2 heterocycles. The number of pyridine rings is 1. The van der Waals surface area contributed by atoms with Crippen LogP contribution in [0, 0.1) is 31.1 Å². The predicted octanol–water partition coefficient (Wildman–Crippen LogP) is 2.81. The van der Waals surface area contributed by atoms with Gasteiger partial charge in [0.25, 0.3) is 0 Å². The molecule has 0 saturated carbocycles. The van der Waals surface area contributed by atoms with Crippen molar-refractivity contribution in [2.75, 3.05) is 18.0 Å². The Balaban J connectivity index is 2.35. The van der Waals surface area contributed by atoms with E-state index in [4.69, 9.17) is 0 Å². The van der Waals surface area contributed by atoms with Gasteiger partial charge in [-0.15, -0.1) is 0 Å². The second-order valence-electron chi connectivity index (χ2n) is 5.06. The molecule has 0 aromatic carbocycles. The maximum Gasteiger partial charge on any atom is 0.147 e. The molecular formula is C14H19N3. The fourth-order valence-corrected chi connectivity index (χ4v) is 2.40. The zero-order valence-corrected chi connectivity index (χ0v) is 10.8. The molecule has 1 aromatic rings. The van der Waals surface area contributed by atoms with E-state index >= 15 is 0 Å². The van der Waals surface area contributed by atoms with Crippen LogP contribution in [0.15, 0.2) is 6.07 Å². The van der Waals surface area contributed by atoms with Crippen LogP contribution < -0.4 is 4.90 Å². The van der Waals surface area contributed by atoms with E-state index in [2.05, 4.69) is 22.9 Å². The van der Waals surface area contributed by atoms with Crippen LogP contribution in [0.4, 0.5) is 5.82 Å². The molecule has 1 saturated heterocycles. The van der Waals surface area contributed by atoms with Gasteiger partial charge in [-0.1, -0.05) is 6.92 Å². The topological polar surface area (TPSA) is 39.9 Å². The third-order valence-electron chi connectivity index (χ3n) is 3.52. The molecule has 3 heteroatoms. The van der Waals surface area contributed by atoms with Crippen molar-refractivity contribution in [3.63, 3.8) is 0 Å². The van der Waals surface area contributed by atoms with Crippen molar-refractivity contribution in [1.82, 2.24) is 4.98 Å². The van der Waals surface area contributed by atoms with Crippen LogP contribution in [-0.2, 0) is 0 Å². The Morgan fingerprint density at radius 1 is 1.35 bits per heavy atom. The van der Waals surface area contributed by atoms with Gasteiger partial charge in [0.2, 0.25) is 0 Å². The van der Waals surface area contributed by atoms with Crippen LogP contribution in [0.25, 0.3) is 0 Å². The van der Waals surface area contributed by atoms with E-state index in [0.717, 1.165) is 41.6 Å². The fraction of sp³-hybridized carbons (Fsp3) is 0.571. The number of piperidine rings is 1. The summed E-state index contributed by atoms with van der Waals surface area (Å²) >= 11 is 0. The first-order chi connectivity index (χ1) is 8.11. The maximum atomic E-state index is 9.26. The highest BCUT2D eigenvalue weighted by Gasteiger charge is 2.20. The minimum absolute atomic E-state index is 0.741. The van der Waals surface area contributed by atoms with Crippen molar-refractivity contribution in [3.05, 3.63) is 22.9 Å². The van der Waals surface area contributed by atoms with Crippen LogP contribution in [0.1, 0.15) is 36.6 Å². The summed E-state index contributed by atoms with van der Waals surface area (Å²) in [6.07, 6.45) is 2.39. The van der Waals surface area contributed by atoms with Crippen LogP contribution in [-0.4, -0.2) is 18.1 Å². The first-order valence-electron chi connectivity index (χ1n) is 6.25. The standard InChI is InChI=1S/C14H19N3/c1-10-4-6-17(7-5-10)14-13(9-15)11(2)8-12(3)16-14/h8,10H,4-7H2,1-3H3. The van der Waals surface area contributed by atoms with E-state index in [0.29, 0.717) is 0 Å². The molecule has 1 fully saturated rings. The van der Waals surface area contributed by atoms with Crippen molar-refractivity contribution < 1.29 is 0 Å². The van der Waals surface area contributed by atoms with Crippen molar-refractivity contribution in [2.45, 2.75) is 33.6 Å². The van der Waals surface area contributed by atoms with Gasteiger partial charge in [0, 0.05) is 18.8 Å². The lowest BCUT2D eigenvalue weighted by molar-refractivity contribution is 0.436. The lowest BCUT2D eigenvalue weighted by Gasteiger charge is -2.32. The average molecular weight is 229 g/mol. The molecule has 0 spiro atoms. The van der Waals surface area contributed by atoms with E-state index in [-0.39, 0.29) is 0 Å². The third kappa shape index (κ3) is 2.41. The van der Waals surface area contributed by atoms with Gasteiger partial charge in [-0.2, -0.15) is 5.26 Å². The molecule has 0 unspecified atom stereocenters. The van der Waals surface area contributed by atoms with Crippen molar-refractivity contribution in [1.29, 1.82) is 5.26 Å². The van der Waals surface area contributed by atoms with Crippen molar-refractivity contribution >= 4 is 5.82 Å². The Morgan fingerprint density at radius 3 is 2.59 bits per heavy atom. The molecule has 0 radical (unpaired) electrons. The minimum Gasteiger partial charge on any atom is -0.355 e. The molecule has 0 bridgehead atoms. The summed E-state index contributed by atoms with van der Waals surface area (Å²) in [6.45, 7) is 8.31. The second-order valence-corrected chi connectivity index (χ2v) is 5.06. The third-order valence-corrected chi connectivity index (χ3v) is 3.52. The number of aromatic nitrogens is 1. The summed E-state index contributed by atoms with van der Waals surface area (Å²) in [5.74, 6) is 1.68. The summed E-state index contributed by atoms with van der Waals surface area (Å²) in [6, 6.07) is 4.28. The lowest BCUT2D eigenvalue weighted by Crippen LogP contribution is -2.34. The highest BCUT2D eigenvalue weighted by Crippen LogP contribution is 2.26. The van der Waals surface area contributed by atoms with Crippen LogP contribution >= 0.6 is 0 Å². The molecule has 2 rings (SSSR count). The van der Waals surface area contributed by atoms with Gasteiger partial charge in [-0.25, -0.2) is 4.98 Å². The van der Waals surface area contributed by atoms with Gasteiger partial charge in [0.05, 0.1) is 5.56 Å². The summed E-state index contributed by atoms with van der Waals surface area (Å²) in [5, 5.41) is 9.26. The maximum absolute atomic E-state index is 9.26. The second kappa shape index (κ2) is 4.75. The SMILES string of the molecule is Cc1cc(C)c(C#N)c(N2CCC(C)CC2)n1. The Kier molecular flexibility index (Phi) is 3.33. The zero-order valence-electron chi connectivity index (χ0n) is 10.8.